The lowest BCUT2D eigenvalue weighted by atomic mass is 9.58. The predicted molar refractivity (Wildman–Crippen MR) is 52.2 cm³/mol. The Bertz CT molecular complexity index is 330. The molecule has 1 N–H and O–H groups in total. The third-order valence-corrected chi connectivity index (χ3v) is 2.08. The van der Waals surface area contributed by atoms with Gasteiger partial charge in [0, 0.05) is 6.20 Å². The summed E-state index contributed by atoms with van der Waals surface area (Å²) >= 11 is 0. The molecule has 13 heavy (non-hydrogen) atoms. The van der Waals surface area contributed by atoms with Crippen molar-refractivity contribution >= 4 is 21.4 Å². The zero-order valence-electron chi connectivity index (χ0n) is 7.32. The van der Waals surface area contributed by atoms with E-state index in [9.17, 15) is 0 Å². The molecule has 2 rings (SSSR count). The van der Waals surface area contributed by atoms with Crippen molar-refractivity contribution in [2.45, 2.75) is 18.4 Å². The Morgan fingerprint density at radius 2 is 2.38 bits per heavy atom. The average Bonchev–Trinajstić information content (AvgIpc) is 2.06. The minimum absolute atomic E-state index is 0.310. The molecule has 0 saturated carbocycles. The number of fused-ring (bicyclic) bond motifs is 1. The number of hydrogen-bond donors (Lipinski definition) is 1. The summed E-state index contributed by atoms with van der Waals surface area (Å²) in [7, 11) is 11.5. The van der Waals surface area contributed by atoms with Crippen LogP contribution in [0.25, 0.3) is 0 Å². The van der Waals surface area contributed by atoms with Crippen molar-refractivity contribution in [1.82, 2.24) is 4.98 Å². The second kappa shape index (κ2) is 2.69. The third-order valence-electron chi connectivity index (χ3n) is 2.08. The molecule has 0 spiro atoms. The largest absolute Gasteiger partial charge is 0.472 e. The number of nitrogens with zero attached hydrogens (tertiary/aromatic N) is 1. The van der Waals surface area contributed by atoms with E-state index in [2.05, 4.69) is 10.3 Å². The quantitative estimate of drug-likeness (QED) is 0.567. The lowest BCUT2D eigenvalue weighted by Gasteiger charge is -2.39. The summed E-state index contributed by atoms with van der Waals surface area (Å²) in [4.78, 5) is 4.04. The molecule has 1 aromatic heterocycles. The summed E-state index contributed by atoms with van der Waals surface area (Å²) in [6, 6.07) is 3.62. The molecule has 4 radical (unpaired) electrons. The summed E-state index contributed by atoms with van der Waals surface area (Å²) in [6.07, 6.45) is 1.35. The van der Waals surface area contributed by atoms with Crippen molar-refractivity contribution in [2.24, 2.45) is 0 Å². The van der Waals surface area contributed by atoms with E-state index in [-0.39, 0.29) is 6.10 Å². The second-order valence-corrected chi connectivity index (χ2v) is 3.17. The van der Waals surface area contributed by atoms with E-state index in [1.165, 1.54) is 0 Å². The smallest absolute Gasteiger partial charge is 0.237 e. The molecule has 5 heteroatoms. The van der Waals surface area contributed by atoms with Crippen LogP contribution in [0, 0.1) is 0 Å². The Hall–Kier alpha value is -1.12. The van der Waals surface area contributed by atoms with Crippen LogP contribution in [0.3, 0.4) is 0 Å². The normalized spacial score (nSPS) is 23.9. The van der Waals surface area contributed by atoms with Gasteiger partial charge < -0.3 is 10.1 Å². The summed E-state index contributed by atoms with van der Waals surface area (Å²) in [5.74, 6) is 0.543. The van der Waals surface area contributed by atoms with Crippen molar-refractivity contribution in [2.75, 3.05) is 5.32 Å². The fraction of sp³-hybridized carbons (Fsp3) is 0.375. The van der Waals surface area contributed by atoms with E-state index in [1.807, 2.05) is 6.07 Å². The first-order chi connectivity index (χ1) is 6.09. The molecule has 0 bridgehead atoms. The number of pyridine rings is 1. The van der Waals surface area contributed by atoms with Gasteiger partial charge in [0.2, 0.25) is 5.88 Å². The standard InChI is InChI=1S/C8H8B2N2O/c1-5-8(9,10)12-6-3-2-4-11-7(6)13-5/h2-5,12H,1H3. The SMILES string of the molecule is [B]C1([B])Nc2cccnc2OC1C. The molecule has 62 valence electrons. The number of hydrogen-bond acceptors (Lipinski definition) is 3. The van der Waals surface area contributed by atoms with Gasteiger partial charge in [-0.25, -0.2) is 4.98 Å². The maximum Gasteiger partial charge on any atom is 0.237 e. The number of anilines is 1. The van der Waals surface area contributed by atoms with Crippen LogP contribution in [0.4, 0.5) is 5.69 Å². The first kappa shape index (κ1) is 8.48. The molecule has 1 unspecified atom stereocenters. The van der Waals surface area contributed by atoms with Crippen molar-refractivity contribution in [3.05, 3.63) is 18.3 Å². The minimum atomic E-state index is -1.03. The Morgan fingerprint density at radius 3 is 3.15 bits per heavy atom. The molecule has 0 aliphatic carbocycles. The zero-order valence-corrected chi connectivity index (χ0v) is 7.32. The van der Waals surface area contributed by atoms with Crippen LogP contribution >= 0.6 is 0 Å². The molecular weight excluding hydrogens is 162 g/mol. The maximum absolute atomic E-state index is 5.75. The van der Waals surface area contributed by atoms with Gasteiger partial charge in [-0.3, -0.25) is 0 Å². The molecule has 0 saturated heterocycles. The highest BCUT2D eigenvalue weighted by atomic mass is 16.5. The fourth-order valence-corrected chi connectivity index (χ4v) is 1.18. The summed E-state index contributed by atoms with van der Waals surface area (Å²) in [5, 5.41) is 1.92. The van der Waals surface area contributed by atoms with Gasteiger partial charge in [0.15, 0.2) is 0 Å². The summed E-state index contributed by atoms with van der Waals surface area (Å²) in [6.45, 7) is 1.80. The number of nitrogens with one attached hydrogen (secondary N) is 1. The van der Waals surface area contributed by atoms with Crippen LogP contribution in [0.1, 0.15) is 6.92 Å². The average molecular weight is 170 g/mol. The van der Waals surface area contributed by atoms with E-state index in [0.717, 1.165) is 5.69 Å². The molecule has 1 aliphatic rings. The van der Waals surface area contributed by atoms with E-state index in [1.54, 1.807) is 19.2 Å². The van der Waals surface area contributed by atoms with E-state index < -0.39 is 5.34 Å². The fourth-order valence-electron chi connectivity index (χ4n) is 1.18. The highest BCUT2D eigenvalue weighted by molar-refractivity contribution is 6.42. The number of ether oxygens (including phenoxy) is 1. The van der Waals surface area contributed by atoms with Crippen LogP contribution in [-0.2, 0) is 0 Å². The van der Waals surface area contributed by atoms with Crippen molar-refractivity contribution in [3.63, 3.8) is 0 Å². The molecule has 1 aromatic rings. The molecular formula is C8H8B2N2O. The monoisotopic (exact) mass is 170 g/mol. The number of rotatable bonds is 0. The van der Waals surface area contributed by atoms with Crippen LogP contribution in [-0.4, -0.2) is 32.1 Å². The summed E-state index contributed by atoms with van der Waals surface area (Å²) < 4.78 is 5.42. The van der Waals surface area contributed by atoms with Gasteiger partial charge in [0.25, 0.3) is 0 Å². The van der Waals surface area contributed by atoms with E-state index in [0.29, 0.717) is 5.88 Å². The predicted octanol–water partition coefficient (Wildman–Crippen LogP) is 0.265. The van der Waals surface area contributed by atoms with Crippen molar-refractivity contribution < 1.29 is 4.74 Å². The number of aromatic nitrogens is 1. The van der Waals surface area contributed by atoms with Crippen LogP contribution in [0.2, 0.25) is 0 Å². The van der Waals surface area contributed by atoms with Gasteiger partial charge in [-0.15, -0.1) is 0 Å². The Morgan fingerprint density at radius 1 is 1.62 bits per heavy atom. The van der Waals surface area contributed by atoms with Crippen molar-refractivity contribution in [1.29, 1.82) is 0 Å². The molecule has 0 fully saturated rings. The molecule has 0 amide bonds. The zero-order chi connectivity index (χ0) is 9.47. The van der Waals surface area contributed by atoms with Gasteiger partial charge in [-0.05, 0) is 24.4 Å². The highest BCUT2D eigenvalue weighted by Crippen LogP contribution is 2.30. The highest BCUT2D eigenvalue weighted by Gasteiger charge is 2.32. The van der Waals surface area contributed by atoms with Crippen molar-refractivity contribution in [3.8, 4) is 5.88 Å². The first-order valence-electron chi connectivity index (χ1n) is 4.07. The molecule has 3 nitrogen and oxygen atoms in total. The molecule has 1 atom stereocenters. The Labute approximate surface area is 79.7 Å². The lowest BCUT2D eigenvalue weighted by Crippen LogP contribution is -2.54. The third kappa shape index (κ3) is 1.39. The van der Waals surface area contributed by atoms with Gasteiger partial charge in [0.1, 0.15) is 6.10 Å². The van der Waals surface area contributed by atoms with Crippen LogP contribution in [0.5, 0.6) is 5.88 Å². The topological polar surface area (TPSA) is 34.2 Å². The first-order valence-corrected chi connectivity index (χ1v) is 4.07. The van der Waals surface area contributed by atoms with Gasteiger partial charge in [0.05, 0.1) is 21.4 Å². The Balaban J connectivity index is 2.39. The van der Waals surface area contributed by atoms with Gasteiger partial charge >= 0.3 is 0 Å². The van der Waals surface area contributed by atoms with Gasteiger partial charge in [-0.2, -0.15) is 0 Å². The molecule has 1 aliphatic heterocycles. The van der Waals surface area contributed by atoms with Gasteiger partial charge in [-0.1, -0.05) is 0 Å². The van der Waals surface area contributed by atoms with E-state index >= 15 is 0 Å². The van der Waals surface area contributed by atoms with Crippen LogP contribution in [0.15, 0.2) is 18.3 Å². The lowest BCUT2D eigenvalue weighted by molar-refractivity contribution is 0.191. The molecule has 2 heterocycles. The molecule has 0 aromatic carbocycles. The summed E-state index contributed by atoms with van der Waals surface area (Å²) in [5.41, 5.74) is 0.727. The second-order valence-electron chi connectivity index (χ2n) is 3.17. The van der Waals surface area contributed by atoms with Crippen LogP contribution < -0.4 is 10.1 Å². The van der Waals surface area contributed by atoms with E-state index in [4.69, 9.17) is 20.4 Å². The maximum atomic E-state index is 5.75. The Kier molecular flexibility index (Phi) is 1.75. The minimum Gasteiger partial charge on any atom is -0.472 e.